The van der Waals surface area contributed by atoms with Crippen molar-refractivity contribution in [1.82, 2.24) is 5.43 Å². The number of nitrogens with one attached hydrogen (secondary N) is 1. The maximum Gasteiger partial charge on any atom is 0.184 e. The van der Waals surface area contributed by atoms with E-state index in [2.05, 4.69) is 22.7 Å². The summed E-state index contributed by atoms with van der Waals surface area (Å²) >= 11 is 4.54. The average molecular weight is 223 g/mol. The first-order chi connectivity index (χ1) is 7.18. The smallest absolute Gasteiger partial charge is 0.184 e. The zero-order chi connectivity index (χ0) is 11.1. The normalized spacial score (nSPS) is 11.0. The molecule has 0 saturated carbocycles. The molecule has 0 heterocycles. The van der Waals surface area contributed by atoms with Crippen molar-refractivity contribution in [2.24, 2.45) is 10.8 Å². The summed E-state index contributed by atoms with van der Waals surface area (Å²) in [5, 5.41) is 3.81. The Kier molecular flexibility index (Phi) is 4.43. The summed E-state index contributed by atoms with van der Waals surface area (Å²) in [4.78, 5) is 0. The number of nitrogens with two attached hydrogens (primary N) is 1. The molecule has 0 spiro atoms. The number of rotatable bonds is 3. The molecule has 0 aromatic heterocycles. The largest absolute Gasteiger partial charge is 0.375 e. The fraction of sp³-hybridized carbons (Fsp3) is 0. The Morgan fingerprint density at radius 2 is 2.07 bits per heavy atom. The predicted molar refractivity (Wildman–Crippen MR) is 63.8 cm³/mol. The number of hydrogen-bond donors (Lipinski definition) is 2. The molecule has 0 aliphatic rings. The summed E-state index contributed by atoms with van der Waals surface area (Å²) in [6.07, 6.45) is 4.98. The Morgan fingerprint density at radius 3 is 2.67 bits per heavy atom. The first kappa shape index (κ1) is 11.3. The van der Waals surface area contributed by atoms with Gasteiger partial charge in [-0.1, -0.05) is 18.2 Å². The van der Waals surface area contributed by atoms with Crippen LogP contribution in [0, 0.1) is 5.82 Å². The fourth-order valence-corrected chi connectivity index (χ4v) is 0.925. The van der Waals surface area contributed by atoms with Gasteiger partial charge in [-0.3, -0.25) is 5.43 Å². The van der Waals surface area contributed by atoms with Crippen molar-refractivity contribution in [2.75, 3.05) is 0 Å². The van der Waals surface area contributed by atoms with Gasteiger partial charge in [-0.25, -0.2) is 4.39 Å². The molecule has 1 aromatic carbocycles. The van der Waals surface area contributed by atoms with Crippen LogP contribution in [-0.4, -0.2) is 11.3 Å². The van der Waals surface area contributed by atoms with Crippen LogP contribution in [0.3, 0.4) is 0 Å². The highest BCUT2D eigenvalue weighted by molar-refractivity contribution is 7.80. The topological polar surface area (TPSA) is 50.4 Å². The molecule has 1 rings (SSSR count). The Hall–Kier alpha value is -1.75. The molecule has 0 fully saturated rings. The van der Waals surface area contributed by atoms with Gasteiger partial charge in [0.2, 0.25) is 0 Å². The van der Waals surface area contributed by atoms with E-state index in [1.54, 1.807) is 24.3 Å². The second kappa shape index (κ2) is 5.87. The van der Waals surface area contributed by atoms with Crippen LogP contribution in [-0.2, 0) is 0 Å². The van der Waals surface area contributed by atoms with Crippen molar-refractivity contribution < 1.29 is 4.39 Å². The quantitative estimate of drug-likeness (QED) is 0.465. The highest BCUT2D eigenvalue weighted by Crippen LogP contribution is 2.03. The van der Waals surface area contributed by atoms with Gasteiger partial charge < -0.3 is 5.73 Å². The standard InChI is InChI=1S/C10H10FN3S/c11-9-5-3-8(4-6-9)2-1-7-13-14-10(12)15/h1-7H,(H3,12,14,15)/b2-1+,13-7?. The van der Waals surface area contributed by atoms with E-state index in [9.17, 15) is 4.39 Å². The van der Waals surface area contributed by atoms with Crippen molar-refractivity contribution in [3.05, 3.63) is 41.7 Å². The van der Waals surface area contributed by atoms with Crippen LogP contribution in [0.2, 0.25) is 0 Å². The van der Waals surface area contributed by atoms with Crippen LogP contribution in [0.1, 0.15) is 5.56 Å². The maximum atomic E-state index is 12.5. The second-order valence-corrected chi connectivity index (χ2v) is 3.10. The van der Waals surface area contributed by atoms with Gasteiger partial charge in [0.1, 0.15) is 5.82 Å². The zero-order valence-corrected chi connectivity index (χ0v) is 8.67. The van der Waals surface area contributed by atoms with Gasteiger partial charge in [0.15, 0.2) is 5.11 Å². The third-order valence-electron chi connectivity index (χ3n) is 1.49. The Morgan fingerprint density at radius 1 is 1.40 bits per heavy atom. The number of hydrazone groups is 1. The molecule has 15 heavy (non-hydrogen) atoms. The van der Waals surface area contributed by atoms with E-state index in [4.69, 9.17) is 5.73 Å². The molecule has 0 unspecified atom stereocenters. The van der Waals surface area contributed by atoms with E-state index in [0.717, 1.165) is 5.56 Å². The highest BCUT2D eigenvalue weighted by atomic mass is 32.1. The predicted octanol–water partition coefficient (Wildman–Crippen LogP) is 1.66. The van der Waals surface area contributed by atoms with Crippen LogP contribution in [0.5, 0.6) is 0 Å². The summed E-state index contributed by atoms with van der Waals surface area (Å²) in [6.45, 7) is 0. The first-order valence-electron chi connectivity index (χ1n) is 4.19. The van der Waals surface area contributed by atoms with Gasteiger partial charge in [-0.05, 0) is 36.0 Å². The van der Waals surface area contributed by atoms with E-state index in [-0.39, 0.29) is 10.9 Å². The fourth-order valence-electron chi connectivity index (χ4n) is 0.872. The lowest BCUT2D eigenvalue weighted by molar-refractivity contribution is 0.628. The number of nitrogens with zero attached hydrogens (tertiary/aromatic N) is 1. The molecule has 0 bridgehead atoms. The lowest BCUT2D eigenvalue weighted by Gasteiger charge is -1.92. The van der Waals surface area contributed by atoms with E-state index in [1.165, 1.54) is 18.3 Å². The van der Waals surface area contributed by atoms with Crippen molar-refractivity contribution in [3.63, 3.8) is 0 Å². The number of benzene rings is 1. The molecule has 3 nitrogen and oxygen atoms in total. The van der Waals surface area contributed by atoms with Crippen molar-refractivity contribution in [2.45, 2.75) is 0 Å². The third kappa shape index (κ3) is 4.87. The molecule has 5 heteroatoms. The first-order valence-corrected chi connectivity index (χ1v) is 4.60. The molecule has 3 N–H and O–H groups in total. The van der Waals surface area contributed by atoms with Crippen LogP contribution < -0.4 is 11.2 Å². The number of thiocarbonyl (C=S) groups is 1. The van der Waals surface area contributed by atoms with Crippen molar-refractivity contribution in [1.29, 1.82) is 0 Å². The minimum absolute atomic E-state index is 0.112. The van der Waals surface area contributed by atoms with Gasteiger partial charge in [-0.2, -0.15) is 5.10 Å². The van der Waals surface area contributed by atoms with Gasteiger partial charge in [0, 0.05) is 6.21 Å². The van der Waals surface area contributed by atoms with E-state index >= 15 is 0 Å². The van der Waals surface area contributed by atoms with Crippen LogP contribution in [0.15, 0.2) is 35.4 Å². The second-order valence-electron chi connectivity index (χ2n) is 2.66. The minimum atomic E-state index is -0.254. The van der Waals surface area contributed by atoms with E-state index in [1.807, 2.05) is 0 Å². The summed E-state index contributed by atoms with van der Waals surface area (Å²) in [7, 11) is 0. The van der Waals surface area contributed by atoms with Crippen LogP contribution in [0.25, 0.3) is 6.08 Å². The average Bonchev–Trinajstić information content (AvgIpc) is 2.20. The molecule has 0 radical (unpaired) electrons. The molecular formula is C10H10FN3S. The van der Waals surface area contributed by atoms with Gasteiger partial charge in [0.25, 0.3) is 0 Å². The maximum absolute atomic E-state index is 12.5. The molecule has 0 aliphatic carbocycles. The Bertz CT molecular complexity index is 384. The lowest BCUT2D eigenvalue weighted by Crippen LogP contribution is -2.23. The van der Waals surface area contributed by atoms with Gasteiger partial charge in [-0.15, -0.1) is 0 Å². The lowest BCUT2D eigenvalue weighted by atomic mass is 10.2. The number of allylic oxidation sites excluding steroid dienone is 1. The zero-order valence-electron chi connectivity index (χ0n) is 7.85. The molecule has 0 saturated heterocycles. The Labute approximate surface area is 92.5 Å². The molecular weight excluding hydrogens is 213 g/mol. The molecule has 0 atom stereocenters. The van der Waals surface area contributed by atoms with Crippen molar-refractivity contribution in [3.8, 4) is 0 Å². The molecule has 1 aromatic rings. The molecule has 0 amide bonds. The Balaban J connectivity index is 2.47. The van der Waals surface area contributed by atoms with Crippen molar-refractivity contribution >= 4 is 29.6 Å². The monoisotopic (exact) mass is 223 g/mol. The molecule has 78 valence electrons. The summed E-state index contributed by atoms with van der Waals surface area (Å²) in [6, 6.07) is 6.12. The third-order valence-corrected chi connectivity index (χ3v) is 1.59. The summed E-state index contributed by atoms with van der Waals surface area (Å²) in [5.41, 5.74) is 8.44. The van der Waals surface area contributed by atoms with Gasteiger partial charge >= 0.3 is 0 Å². The van der Waals surface area contributed by atoms with Crippen LogP contribution in [0.4, 0.5) is 4.39 Å². The SMILES string of the molecule is NC(=S)NN=C/C=C/c1ccc(F)cc1. The minimum Gasteiger partial charge on any atom is -0.375 e. The van der Waals surface area contributed by atoms with E-state index in [0.29, 0.717) is 0 Å². The van der Waals surface area contributed by atoms with E-state index < -0.39 is 0 Å². The van der Waals surface area contributed by atoms with Crippen LogP contribution >= 0.6 is 12.2 Å². The number of halogens is 1. The highest BCUT2D eigenvalue weighted by Gasteiger charge is 1.87. The summed E-state index contributed by atoms with van der Waals surface area (Å²) < 4.78 is 12.5. The van der Waals surface area contributed by atoms with Gasteiger partial charge in [0.05, 0.1) is 0 Å². The number of hydrogen-bond acceptors (Lipinski definition) is 2. The molecule has 0 aliphatic heterocycles. The summed E-state index contributed by atoms with van der Waals surface area (Å²) in [5.74, 6) is -0.254.